The van der Waals surface area contributed by atoms with Crippen LogP contribution < -0.4 is 0 Å². The Morgan fingerprint density at radius 2 is 2.05 bits per heavy atom. The van der Waals surface area contributed by atoms with Gasteiger partial charge in [-0.25, -0.2) is 4.79 Å². The molecule has 20 heavy (non-hydrogen) atoms. The topological polar surface area (TPSA) is 69.4 Å². The van der Waals surface area contributed by atoms with Gasteiger partial charge in [0.25, 0.3) is 5.69 Å². The predicted octanol–water partition coefficient (Wildman–Crippen LogP) is 3.98. The largest absolute Gasteiger partial charge is 0.462 e. The van der Waals surface area contributed by atoms with Crippen molar-refractivity contribution in [1.29, 1.82) is 0 Å². The van der Waals surface area contributed by atoms with Crippen LogP contribution in [-0.4, -0.2) is 25.6 Å². The summed E-state index contributed by atoms with van der Waals surface area (Å²) in [7, 11) is -1.25. The number of nitrogens with zero attached hydrogens (tertiary/aromatic N) is 1. The first-order valence-electron chi connectivity index (χ1n) is 6.25. The highest BCUT2D eigenvalue weighted by molar-refractivity contribution is 9.08. The van der Waals surface area contributed by atoms with Gasteiger partial charge in [-0.3, -0.25) is 10.1 Å². The van der Waals surface area contributed by atoms with Crippen LogP contribution in [0.1, 0.15) is 15.9 Å². The minimum atomic E-state index is -1.25. The standard InChI is InChI=1S/C13H18BrNO4Si/c1-20(2,3)7-6-19-13(16)12-5-4-11(15(17)18)8-10(12)9-14/h4-5,8H,6-7,9H2,1-3H3. The minimum absolute atomic E-state index is 0.0295. The third kappa shape index (κ3) is 5.05. The number of carbonyl (C=O) groups is 1. The average Bonchev–Trinajstić information content (AvgIpc) is 2.36. The van der Waals surface area contributed by atoms with E-state index >= 15 is 0 Å². The Labute approximate surface area is 127 Å². The molecule has 110 valence electrons. The molecule has 0 saturated carbocycles. The molecule has 0 aliphatic heterocycles. The Balaban J connectivity index is 2.80. The van der Waals surface area contributed by atoms with Crippen molar-refractivity contribution >= 4 is 35.7 Å². The van der Waals surface area contributed by atoms with E-state index in [0.29, 0.717) is 23.1 Å². The van der Waals surface area contributed by atoms with Gasteiger partial charge in [0.1, 0.15) is 0 Å². The van der Waals surface area contributed by atoms with Gasteiger partial charge in [-0.05, 0) is 17.7 Å². The van der Waals surface area contributed by atoms with Gasteiger partial charge < -0.3 is 4.74 Å². The molecular weight excluding hydrogens is 342 g/mol. The maximum Gasteiger partial charge on any atom is 0.338 e. The smallest absolute Gasteiger partial charge is 0.338 e. The Morgan fingerprint density at radius 1 is 1.40 bits per heavy atom. The molecule has 0 aromatic heterocycles. The summed E-state index contributed by atoms with van der Waals surface area (Å²) in [5, 5.41) is 11.1. The lowest BCUT2D eigenvalue weighted by atomic mass is 10.1. The van der Waals surface area contributed by atoms with Gasteiger partial charge in [0.15, 0.2) is 0 Å². The number of non-ortho nitro benzene ring substituents is 1. The first kappa shape index (κ1) is 16.8. The van der Waals surface area contributed by atoms with Crippen LogP contribution in [0.5, 0.6) is 0 Å². The fraction of sp³-hybridized carbons (Fsp3) is 0.462. The molecule has 0 bridgehead atoms. The zero-order valence-electron chi connectivity index (χ0n) is 11.8. The van der Waals surface area contributed by atoms with E-state index in [1.165, 1.54) is 18.2 Å². The number of carbonyl (C=O) groups excluding carboxylic acids is 1. The quantitative estimate of drug-likeness (QED) is 0.253. The number of halogens is 1. The highest BCUT2D eigenvalue weighted by atomic mass is 79.9. The summed E-state index contributed by atoms with van der Waals surface area (Å²) >= 11 is 3.24. The number of hydrogen-bond acceptors (Lipinski definition) is 4. The molecule has 0 spiro atoms. The summed E-state index contributed by atoms with van der Waals surface area (Å²) in [5.41, 5.74) is 0.915. The molecule has 1 aromatic carbocycles. The molecule has 0 N–H and O–H groups in total. The second-order valence-electron chi connectivity index (χ2n) is 5.68. The van der Waals surface area contributed by atoms with Gasteiger partial charge in [0.2, 0.25) is 0 Å². The van der Waals surface area contributed by atoms with Crippen molar-refractivity contribution in [2.75, 3.05) is 6.61 Å². The molecule has 0 heterocycles. The second-order valence-corrected chi connectivity index (χ2v) is 11.9. The number of nitro benzene ring substituents is 1. The van der Waals surface area contributed by atoms with Gasteiger partial charge in [-0.2, -0.15) is 0 Å². The van der Waals surface area contributed by atoms with Crippen molar-refractivity contribution in [1.82, 2.24) is 0 Å². The van der Waals surface area contributed by atoms with E-state index in [1.807, 2.05) is 0 Å². The van der Waals surface area contributed by atoms with Crippen molar-refractivity contribution in [3.63, 3.8) is 0 Å². The van der Waals surface area contributed by atoms with Gasteiger partial charge in [-0.15, -0.1) is 0 Å². The monoisotopic (exact) mass is 359 g/mol. The molecule has 1 aromatic rings. The van der Waals surface area contributed by atoms with E-state index in [4.69, 9.17) is 4.74 Å². The molecule has 0 aliphatic rings. The predicted molar refractivity (Wildman–Crippen MR) is 84.2 cm³/mol. The SMILES string of the molecule is C[Si](C)(C)CCOC(=O)c1ccc([N+](=O)[O-])cc1CBr. The Morgan fingerprint density at radius 3 is 2.55 bits per heavy atom. The summed E-state index contributed by atoms with van der Waals surface area (Å²) in [6.07, 6.45) is 0. The van der Waals surface area contributed by atoms with Crippen LogP contribution >= 0.6 is 15.9 Å². The van der Waals surface area contributed by atoms with Crippen molar-refractivity contribution in [2.45, 2.75) is 31.0 Å². The number of ether oxygens (including phenoxy) is 1. The third-order valence-electron chi connectivity index (χ3n) is 2.75. The highest BCUT2D eigenvalue weighted by Gasteiger charge is 2.18. The maximum atomic E-state index is 12.0. The van der Waals surface area contributed by atoms with Crippen LogP contribution in [0.2, 0.25) is 25.7 Å². The molecule has 1 rings (SSSR count). The van der Waals surface area contributed by atoms with Crippen LogP contribution in [0.15, 0.2) is 18.2 Å². The van der Waals surface area contributed by atoms with Crippen LogP contribution in [0.25, 0.3) is 0 Å². The first-order chi connectivity index (χ1) is 9.24. The van der Waals surface area contributed by atoms with E-state index in [9.17, 15) is 14.9 Å². The lowest BCUT2D eigenvalue weighted by Crippen LogP contribution is -2.23. The average molecular weight is 360 g/mol. The Bertz CT molecular complexity index is 514. The van der Waals surface area contributed by atoms with E-state index in [2.05, 4.69) is 35.6 Å². The van der Waals surface area contributed by atoms with Crippen LogP contribution in [0.3, 0.4) is 0 Å². The summed E-state index contributed by atoms with van der Waals surface area (Å²) in [6, 6.07) is 5.06. The zero-order valence-corrected chi connectivity index (χ0v) is 14.4. The van der Waals surface area contributed by atoms with Crippen molar-refractivity contribution < 1.29 is 14.5 Å². The van der Waals surface area contributed by atoms with Gasteiger partial charge in [0.05, 0.1) is 17.1 Å². The number of rotatable bonds is 6. The highest BCUT2D eigenvalue weighted by Crippen LogP contribution is 2.21. The molecule has 0 atom stereocenters. The van der Waals surface area contributed by atoms with Crippen molar-refractivity contribution in [2.24, 2.45) is 0 Å². The molecule has 0 radical (unpaired) electrons. The molecular formula is C13H18BrNO4Si. The Kier molecular flexibility index (Phi) is 5.88. The zero-order chi connectivity index (χ0) is 15.3. The Hall–Kier alpha value is -1.21. The van der Waals surface area contributed by atoms with Crippen LogP contribution in [-0.2, 0) is 10.1 Å². The summed E-state index contributed by atoms with van der Waals surface area (Å²) in [5.74, 6) is -0.424. The van der Waals surface area contributed by atoms with E-state index in [1.54, 1.807) is 0 Å². The van der Waals surface area contributed by atoms with Gasteiger partial charge >= 0.3 is 5.97 Å². The van der Waals surface area contributed by atoms with E-state index in [0.717, 1.165) is 6.04 Å². The molecule has 0 aliphatic carbocycles. The number of esters is 1. The molecule has 0 amide bonds. The van der Waals surface area contributed by atoms with Crippen LogP contribution in [0, 0.1) is 10.1 Å². The van der Waals surface area contributed by atoms with Gasteiger partial charge in [-0.1, -0.05) is 35.6 Å². The fourth-order valence-corrected chi connectivity index (χ4v) is 2.71. The fourth-order valence-electron chi connectivity index (χ4n) is 1.53. The number of nitro groups is 1. The molecule has 0 fully saturated rings. The van der Waals surface area contributed by atoms with E-state index < -0.39 is 19.0 Å². The summed E-state index contributed by atoms with van der Waals surface area (Å²) in [6.45, 7) is 7.01. The van der Waals surface area contributed by atoms with Gasteiger partial charge in [0, 0.05) is 25.5 Å². The maximum absolute atomic E-state index is 12.0. The summed E-state index contributed by atoms with van der Waals surface area (Å²) < 4.78 is 5.25. The molecule has 7 heteroatoms. The van der Waals surface area contributed by atoms with Crippen molar-refractivity contribution in [3.8, 4) is 0 Å². The second kappa shape index (κ2) is 6.99. The lowest BCUT2D eigenvalue weighted by Gasteiger charge is -2.15. The van der Waals surface area contributed by atoms with E-state index in [-0.39, 0.29) is 5.69 Å². The molecule has 0 unspecified atom stereocenters. The van der Waals surface area contributed by atoms with Crippen molar-refractivity contribution in [3.05, 3.63) is 39.4 Å². The molecule has 0 saturated heterocycles. The minimum Gasteiger partial charge on any atom is -0.462 e. The number of hydrogen-bond donors (Lipinski definition) is 0. The lowest BCUT2D eigenvalue weighted by molar-refractivity contribution is -0.384. The normalized spacial score (nSPS) is 11.2. The first-order valence-corrected chi connectivity index (χ1v) is 11.1. The number of benzene rings is 1. The number of alkyl halides is 1. The van der Waals surface area contributed by atoms with Crippen LogP contribution in [0.4, 0.5) is 5.69 Å². The molecule has 5 nitrogen and oxygen atoms in total. The summed E-state index contributed by atoms with van der Waals surface area (Å²) in [4.78, 5) is 22.2. The third-order valence-corrected chi connectivity index (χ3v) is 5.06.